The number of nitrogens with zero attached hydrogens (tertiary/aromatic N) is 4. The van der Waals surface area contributed by atoms with Gasteiger partial charge in [-0.3, -0.25) is 0 Å². The predicted octanol–water partition coefficient (Wildman–Crippen LogP) is 13.5. The Bertz CT molecular complexity index is 3600. The Morgan fingerprint density at radius 1 is 0.703 bits per heavy atom. The average Bonchev–Trinajstić information content (AvgIpc) is 3.51. The number of pyridine rings is 2. The van der Waals surface area contributed by atoms with Crippen LogP contribution in [0.25, 0.3) is 66.2 Å². The third-order valence-corrected chi connectivity index (χ3v) is 18.2. The highest BCUT2D eigenvalue weighted by Crippen LogP contribution is 2.71. The highest BCUT2D eigenvalue weighted by Gasteiger charge is 2.84. The molecule has 2 aliphatic carbocycles. The Balaban J connectivity index is 1.22. The number of aromatic nitrogens is 4. The van der Waals surface area contributed by atoms with Crippen LogP contribution in [0.5, 0.6) is 0 Å². The molecule has 0 spiro atoms. The third kappa shape index (κ3) is 4.19. The minimum Gasteiger partial charge on any atom is -0.225 e. The number of benzene rings is 5. The van der Waals surface area contributed by atoms with Crippen molar-refractivity contribution in [2.45, 2.75) is 127 Å². The molecule has 64 heavy (non-hydrogen) atoms. The van der Waals surface area contributed by atoms with Crippen molar-refractivity contribution in [2.75, 3.05) is 0 Å². The van der Waals surface area contributed by atoms with E-state index in [0.717, 1.165) is 19.3 Å². The molecule has 4 atom stereocenters. The first-order chi connectivity index (χ1) is 30.5. The van der Waals surface area contributed by atoms with Gasteiger partial charge in [-0.15, -0.1) is 6.58 Å². The lowest BCUT2D eigenvalue weighted by Crippen LogP contribution is -2.55. The maximum absolute atomic E-state index is 4.24. The molecule has 1 fully saturated rings. The van der Waals surface area contributed by atoms with Gasteiger partial charge >= 0.3 is 0 Å². The Morgan fingerprint density at radius 2 is 1.36 bits per heavy atom. The van der Waals surface area contributed by atoms with Gasteiger partial charge in [0.15, 0.2) is 23.0 Å². The first-order valence-corrected chi connectivity index (χ1v) is 23.8. The number of hydrogen-bond donors (Lipinski definition) is 0. The Hall–Kier alpha value is -6.00. The summed E-state index contributed by atoms with van der Waals surface area (Å²) in [6.45, 7) is 29.2. The fourth-order valence-electron chi connectivity index (χ4n) is 14.2. The maximum Gasteiger partial charge on any atom is 0.296 e. The van der Waals surface area contributed by atoms with Gasteiger partial charge in [0.05, 0.1) is 17.0 Å². The first kappa shape index (κ1) is 38.5. The van der Waals surface area contributed by atoms with Crippen molar-refractivity contribution in [1.82, 2.24) is 8.97 Å². The topological polar surface area (TPSA) is 17.1 Å². The van der Waals surface area contributed by atoms with Gasteiger partial charge in [0.25, 0.3) is 11.5 Å². The van der Waals surface area contributed by atoms with E-state index < -0.39 is 0 Å². The van der Waals surface area contributed by atoms with Crippen molar-refractivity contribution < 1.29 is 9.13 Å². The second-order valence-electron chi connectivity index (χ2n) is 22.9. The van der Waals surface area contributed by atoms with E-state index in [1.165, 1.54) is 99.7 Å². The van der Waals surface area contributed by atoms with E-state index in [1.807, 2.05) is 0 Å². The Labute approximate surface area is 377 Å². The van der Waals surface area contributed by atoms with Crippen LogP contribution in [0.2, 0.25) is 0 Å². The Morgan fingerprint density at radius 3 is 2.12 bits per heavy atom. The summed E-state index contributed by atoms with van der Waals surface area (Å²) < 4.78 is 11.1. The van der Waals surface area contributed by atoms with Crippen LogP contribution in [0.15, 0.2) is 134 Å². The largest absolute Gasteiger partial charge is 0.296 e. The molecule has 1 saturated carbocycles. The molecule has 13 rings (SSSR count). The number of para-hydroxylation sites is 3. The summed E-state index contributed by atoms with van der Waals surface area (Å²) in [6.07, 6.45) is 7.54. The second-order valence-corrected chi connectivity index (χ2v) is 22.9. The number of rotatable bonds is 4. The monoisotopic (exact) mass is 836 g/mol. The van der Waals surface area contributed by atoms with Gasteiger partial charge in [0.2, 0.25) is 0 Å². The molecule has 4 unspecified atom stereocenters. The molecule has 0 saturated heterocycles. The van der Waals surface area contributed by atoms with E-state index in [4.69, 9.17) is 0 Å². The van der Waals surface area contributed by atoms with Crippen molar-refractivity contribution in [3.8, 4) is 17.1 Å². The molecule has 9 aromatic rings. The zero-order chi connectivity index (χ0) is 44.2. The second kappa shape index (κ2) is 11.8. The molecule has 6 heterocycles. The molecular weight excluding hydrogens is 777 g/mol. The van der Waals surface area contributed by atoms with Crippen LogP contribution < -0.4 is 9.13 Å². The highest BCUT2D eigenvalue weighted by atomic mass is 15.3. The molecule has 4 heteroatoms. The van der Waals surface area contributed by atoms with Gasteiger partial charge in [-0.1, -0.05) is 146 Å². The predicted molar refractivity (Wildman–Crippen MR) is 264 cm³/mol. The molecular formula is C60H60N4+2. The van der Waals surface area contributed by atoms with E-state index in [9.17, 15) is 0 Å². The van der Waals surface area contributed by atoms with Crippen LogP contribution in [0.4, 0.5) is 0 Å². The quantitative estimate of drug-likeness (QED) is 0.0954. The molecule has 318 valence electrons. The average molecular weight is 837 g/mol. The zero-order valence-corrected chi connectivity index (χ0v) is 39.3. The van der Waals surface area contributed by atoms with E-state index in [1.54, 1.807) is 0 Å². The number of allylic oxidation sites excluding steroid dienone is 1. The van der Waals surface area contributed by atoms with Crippen molar-refractivity contribution in [3.05, 3.63) is 168 Å². The summed E-state index contributed by atoms with van der Waals surface area (Å²) >= 11 is 0. The van der Waals surface area contributed by atoms with E-state index >= 15 is 0 Å². The summed E-state index contributed by atoms with van der Waals surface area (Å²) in [5.74, 6) is 1.22. The zero-order valence-electron chi connectivity index (χ0n) is 39.3. The van der Waals surface area contributed by atoms with E-state index in [2.05, 4.69) is 221 Å². The number of imidazole rings is 1. The van der Waals surface area contributed by atoms with Gasteiger partial charge in [-0.2, -0.15) is 8.97 Å². The minimum atomic E-state index is -0.340. The summed E-state index contributed by atoms with van der Waals surface area (Å²) in [5.41, 5.74) is 15.7. The van der Waals surface area contributed by atoms with Gasteiger partial charge in [-0.05, 0) is 84.9 Å². The number of hydrogen-bond acceptors (Lipinski definition) is 0. The lowest BCUT2D eigenvalue weighted by atomic mass is 9.55. The summed E-state index contributed by atoms with van der Waals surface area (Å²) in [4.78, 5) is 0. The van der Waals surface area contributed by atoms with E-state index in [-0.39, 0.29) is 38.7 Å². The van der Waals surface area contributed by atoms with Gasteiger partial charge < -0.3 is 0 Å². The van der Waals surface area contributed by atoms with Crippen LogP contribution in [-0.4, -0.2) is 8.97 Å². The Kier molecular flexibility index (Phi) is 7.10. The van der Waals surface area contributed by atoms with Crippen LogP contribution in [0.3, 0.4) is 0 Å². The third-order valence-electron chi connectivity index (χ3n) is 18.2. The van der Waals surface area contributed by atoms with Gasteiger partial charge in [0.1, 0.15) is 16.6 Å². The number of fused-ring (bicyclic) bond motifs is 10. The molecule has 0 radical (unpaired) electrons. The fraction of sp³-hybridized carbons (Fsp3) is 0.333. The van der Waals surface area contributed by atoms with Crippen molar-refractivity contribution in [1.29, 1.82) is 0 Å². The summed E-state index contributed by atoms with van der Waals surface area (Å²) in [6, 6.07) is 44.9. The lowest BCUT2D eigenvalue weighted by Gasteiger charge is -2.48. The maximum atomic E-state index is 4.24. The normalized spacial score (nSPS) is 24.7. The molecule has 5 aromatic carbocycles. The molecule has 4 aromatic heterocycles. The van der Waals surface area contributed by atoms with Crippen molar-refractivity contribution in [3.63, 3.8) is 0 Å². The molecule has 0 bridgehead atoms. The van der Waals surface area contributed by atoms with Crippen LogP contribution in [0.1, 0.15) is 122 Å². The van der Waals surface area contributed by atoms with E-state index in [0.29, 0.717) is 0 Å². The summed E-state index contributed by atoms with van der Waals surface area (Å²) in [7, 11) is 0. The smallest absolute Gasteiger partial charge is 0.225 e. The van der Waals surface area contributed by atoms with Gasteiger partial charge in [-0.25, -0.2) is 9.13 Å². The SMILES string of the molecule is C=CCc1cccc2c3ccccc3n(-c3cc(C(C)(C)C)cc[n+]3C3C4(C)c5cccc6c7cccc8c7n7c9c([n+](c7c56)C34C)-c3ccccc3C(C)(C)CCC9(C)C8(C)C)c12. The lowest BCUT2D eigenvalue weighted by molar-refractivity contribution is -0.769. The minimum absolute atomic E-state index is 0.0134. The molecule has 2 aliphatic heterocycles. The van der Waals surface area contributed by atoms with Crippen LogP contribution >= 0.6 is 0 Å². The first-order valence-electron chi connectivity index (χ1n) is 23.8. The molecule has 4 aliphatic rings. The van der Waals surface area contributed by atoms with Crippen molar-refractivity contribution in [2.24, 2.45) is 0 Å². The standard InChI is InChI=1S/C60H60N4/c1-12-20-36-21-17-25-40-38-22-14-16-30-46(38)62(49(36)40)47-35-37(55(2,3)4)31-34-61(47)54-59(10)44-28-18-24-39-41-26-19-29-45-50(41)63-52-51(64(60(54,59)11)53(63)48(39)44)42-23-13-15-27-43(42)56(5,6)32-33-58(52,9)57(45,7)8/h12-19,21-31,34-35,54H,1,20,32-33H2,2-11H3/q+2. The molecule has 0 N–H and O–H groups in total. The van der Waals surface area contributed by atoms with Gasteiger partial charge in [0, 0.05) is 55.1 Å². The fourth-order valence-corrected chi connectivity index (χ4v) is 14.2. The van der Waals surface area contributed by atoms with Crippen LogP contribution in [-0.2, 0) is 39.0 Å². The van der Waals surface area contributed by atoms with Crippen molar-refractivity contribution >= 4 is 49.1 Å². The highest BCUT2D eigenvalue weighted by molar-refractivity contribution is 6.15. The summed E-state index contributed by atoms with van der Waals surface area (Å²) in [5, 5.41) is 6.72. The molecule has 0 amide bonds. The molecule has 4 nitrogen and oxygen atoms in total. The van der Waals surface area contributed by atoms with Crippen LogP contribution in [0, 0.1) is 0 Å².